The Morgan fingerprint density at radius 2 is 2.29 bits per heavy atom. The van der Waals surface area contributed by atoms with Crippen molar-refractivity contribution in [2.24, 2.45) is 0 Å². The number of aryl methyl sites for hydroxylation is 1. The highest BCUT2D eigenvalue weighted by Gasteiger charge is 2.12. The molecule has 2 N–H and O–H groups in total. The summed E-state index contributed by atoms with van der Waals surface area (Å²) in [6.07, 6.45) is 0. The monoisotopic (exact) mass is 209 g/mol. The second-order valence-corrected chi connectivity index (χ2v) is 4.11. The Bertz CT molecular complexity index is 521. The van der Waals surface area contributed by atoms with Gasteiger partial charge < -0.3 is 5.73 Å². The lowest BCUT2D eigenvalue weighted by Gasteiger charge is -1.94. The number of aromatic nitrogens is 1. The minimum Gasteiger partial charge on any atom is -0.397 e. The summed E-state index contributed by atoms with van der Waals surface area (Å²) < 4.78 is 0.759. The highest BCUT2D eigenvalue weighted by Crippen LogP contribution is 2.30. The van der Waals surface area contributed by atoms with Gasteiger partial charge in [-0.25, -0.2) is 4.98 Å². The van der Waals surface area contributed by atoms with E-state index in [0.29, 0.717) is 11.2 Å². The standard InChI is InChI=1S/C8H7N3O2S/c1-4-10-8-6(9)2-5(11(12)13)3-7(8)14-4/h2-3H,9H2,1H3. The predicted octanol–water partition coefficient (Wildman–Crippen LogP) is 2.10. The Morgan fingerprint density at radius 3 is 2.93 bits per heavy atom. The average Bonchev–Trinajstić information content (AvgIpc) is 2.45. The third-order valence-electron chi connectivity index (χ3n) is 1.83. The van der Waals surface area contributed by atoms with E-state index < -0.39 is 4.92 Å². The van der Waals surface area contributed by atoms with E-state index in [0.717, 1.165) is 9.71 Å². The molecule has 2 rings (SSSR count). The maximum atomic E-state index is 10.5. The zero-order chi connectivity index (χ0) is 10.3. The van der Waals surface area contributed by atoms with E-state index in [1.54, 1.807) is 0 Å². The van der Waals surface area contributed by atoms with Crippen molar-refractivity contribution in [2.75, 3.05) is 5.73 Å². The SMILES string of the molecule is Cc1nc2c(N)cc([N+](=O)[O-])cc2s1. The Balaban J connectivity index is 2.77. The third-order valence-corrected chi connectivity index (χ3v) is 2.74. The first-order valence-electron chi connectivity index (χ1n) is 3.89. The summed E-state index contributed by atoms with van der Waals surface area (Å²) >= 11 is 1.40. The van der Waals surface area contributed by atoms with Crippen LogP contribution in [0.25, 0.3) is 10.2 Å². The molecule has 0 atom stereocenters. The molecule has 72 valence electrons. The Morgan fingerprint density at radius 1 is 1.57 bits per heavy atom. The molecule has 0 saturated carbocycles. The van der Waals surface area contributed by atoms with Gasteiger partial charge in [-0.2, -0.15) is 0 Å². The van der Waals surface area contributed by atoms with Gasteiger partial charge >= 0.3 is 0 Å². The van der Waals surface area contributed by atoms with Gasteiger partial charge in [-0.3, -0.25) is 10.1 Å². The first kappa shape index (κ1) is 8.89. The van der Waals surface area contributed by atoms with E-state index in [-0.39, 0.29) is 5.69 Å². The maximum Gasteiger partial charge on any atom is 0.273 e. The Hall–Kier alpha value is -1.69. The predicted molar refractivity (Wildman–Crippen MR) is 55.4 cm³/mol. The number of thiazole rings is 1. The van der Waals surface area contributed by atoms with Crippen LogP contribution in [0.3, 0.4) is 0 Å². The van der Waals surface area contributed by atoms with Crippen molar-refractivity contribution in [1.82, 2.24) is 4.98 Å². The minimum atomic E-state index is -0.454. The van der Waals surface area contributed by atoms with Gasteiger partial charge in [-0.05, 0) is 6.92 Å². The molecular weight excluding hydrogens is 202 g/mol. The van der Waals surface area contributed by atoms with Gasteiger partial charge in [0, 0.05) is 12.1 Å². The number of nitrogens with zero attached hydrogens (tertiary/aromatic N) is 2. The lowest BCUT2D eigenvalue weighted by atomic mass is 10.2. The van der Waals surface area contributed by atoms with Gasteiger partial charge in [0.15, 0.2) is 0 Å². The van der Waals surface area contributed by atoms with Crippen molar-refractivity contribution in [2.45, 2.75) is 6.92 Å². The first-order chi connectivity index (χ1) is 6.58. The number of hydrogen-bond acceptors (Lipinski definition) is 5. The van der Waals surface area contributed by atoms with E-state index in [4.69, 9.17) is 5.73 Å². The molecular formula is C8H7N3O2S. The summed E-state index contributed by atoms with van der Waals surface area (Å²) in [7, 11) is 0. The van der Waals surface area contributed by atoms with Crippen LogP contribution in [0.4, 0.5) is 11.4 Å². The van der Waals surface area contributed by atoms with E-state index in [2.05, 4.69) is 4.98 Å². The second-order valence-electron chi connectivity index (χ2n) is 2.87. The number of nitro benzene ring substituents is 1. The summed E-state index contributed by atoms with van der Waals surface area (Å²) in [5, 5.41) is 11.4. The molecule has 0 amide bonds. The number of hydrogen-bond donors (Lipinski definition) is 1. The fourth-order valence-corrected chi connectivity index (χ4v) is 2.15. The van der Waals surface area contributed by atoms with Crippen LogP contribution < -0.4 is 5.73 Å². The molecule has 0 bridgehead atoms. The van der Waals surface area contributed by atoms with Gasteiger partial charge in [0.25, 0.3) is 5.69 Å². The topological polar surface area (TPSA) is 82.0 Å². The molecule has 0 unspecified atom stereocenters. The fourth-order valence-electron chi connectivity index (χ4n) is 1.26. The number of anilines is 1. The molecule has 1 aromatic carbocycles. The van der Waals surface area contributed by atoms with Gasteiger partial charge in [-0.1, -0.05) is 0 Å². The molecule has 0 spiro atoms. The normalized spacial score (nSPS) is 10.6. The van der Waals surface area contributed by atoms with Crippen LogP contribution >= 0.6 is 11.3 Å². The lowest BCUT2D eigenvalue weighted by Crippen LogP contribution is -1.91. The van der Waals surface area contributed by atoms with Crippen LogP contribution in [-0.4, -0.2) is 9.91 Å². The summed E-state index contributed by atoms with van der Waals surface area (Å²) in [6.45, 7) is 1.84. The minimum absolute atomic E-state index is 0.0126. The van der Waals surface area contributed by atoms with Crippen LogP contribution in [-0.2, 0) is 0 Å². The molecule has 14 heavy (non-hydrogen) atoms. The largest absolute Gasteiger partial charge is 0.397 e. The van der Waals surface area contributed by atoms with Gasteiger partial charge in [0.2, 0.25) is 0 Å². The molecule has 0 fully saturated rings. The molecule has 0 aliphatic rings. The number of benzene rings is 1. The van der Waals surface area contributed by atoms with Crippen LogP contribution in [0.15, 0.2) is 12.1 Å². The van der Waals surface area contributed by atoms with Crippen molar-refractivity contribution in [3.05, 3.63) is 27.3 Å². The Kier molecular flexibility index (Phi) is 1.85. The molecule has 6 heteroatoms. The smallest absolute Gasteiger partial charge is 0.273 e. The molecule has 1 aromatic heterocycles. The zero-order valence-corrected chi connectivity index (χ0v) is 8.17. The molecule has 5 nitrogen and oxygen atoms in total. The molecule has 1 heterocycles. The molecule has 0 aliphatic carbocycles. The van der Waals surface area contributed by atoms with Crippen molar-refractivity contribution in [3.63, 3.8) is 0 Å². The molecule has 2 aromatic rings. The van der Waals surface area contributed by atoms with Crippen LogP contribution in [0, 0.1) is 17.0 Å². The Labute approximate surface area is 83.3 Å². The summed E-state index contributed by atoms with van der Waals surface area (Å²) in [5.74, 6) is 0. The summed E-state index contributed by atoms with van der Waals surface area (Å²) in [4.78, 5) is 14.3. The number of rotatable bonds is 1. The quantitative estimate of drug-likeness (QED) is 0.443. The zero-order valence-electron chi connectivity index (χ0n) is 7.35. The number of nitrogen functional groups attached to an aromatic ring is 1. The number of non-ortho nitro benzene ring substituents is 1. The summed E-state index contributed by atoms with van der Waals surface area (Å²) in [5.41, 5.74) is 6.67. The van der Waals surface area contributed by atoms with Crippen LogP contribution in [0.2, 0.25) is 0 Å². The van der Waals surface area contributed by atoms with Gasteiger partial charge in [0.1, 0.15) is 5.52 Å². The average molecular weight is 209 g/mol. The van der Waals surface area contributed by atoms with Crippen molar-refractivity contribution in [3.8, 4) is 0 Å². The maximum absolute atomic E-state index is 10.5. The summed E-state index contributed by atoms with van der Waals surface area (Å²) in [6, 6.07) is 2.83. The van der Waals surface area contributed by atoms with Gasteiger partial charge in [0.05, 0.1) is 20.3 Å². The molecule has 0 saturated heterocycles. The highest BCUT2D eigenvalue weighted by atomic mass is 32.1. The molecule has 0 aliphatic heterocycles. The van der Waals surface area contributed by atoms with Crippen molar-refractivity contribution in [1.29, 1.82) is 0 Å². The number of nitro groups is 1. The van der Waals surface area contributed by atoms with E-state index in [1.807, 2.05) is 6.92 Å². The van der Waals surface area contributed by atoms with Crippen molar-refractivity contribution < 1.29 is 4.92 Å². The number of fused-ring (bicyclic) bond motifs is 1. The van der Waals surface area contributed by atoms with Gasteiger partial charge in [-0.15, -0.1) is 11.3 Å². The lowest BCUT2D eigenvalue weighted by molar-refractivity contribution is -0.384. The van der Waals surface area contributed by atoms with Crippen molar-refractivity contribution >= 4 is 32.9 Å². The van der Waals surface area contributed by atoms with E-state index in [9.17, 15) is 10.1 Å². The van der Waals surface area contributed by atoms with Crippen LogP contribution in [0.5, 0.6) is 0 Å². The van der Waals surface area contributed by atoms with E-state index >= 15 is 0 Å². The fraction of sp³-hybridized carbons (Fsp3) is 0.125. The third kappa shape index (κ3) is 1.29. The first-order valence-corrected chi connectivity index (χ1v) is 4.70. The number of nitrogens with two attached hydrogens (primary N) is 1. The van der Waals surface area contributed by atoms with Crippen LogP contribution in [0.1, 0.15) is 5.01 Å². The van der Waals surface area contributed by atoms with E-state index in [1.165, 1.54) is 23.5 Å². The second kappa shape index (κ2) is 2.91. The highest BCUT2D eigenvalue weighted by molar-refractivity contribution is 7.18. The molecule has 0 radical (unpaired) electrons.